The van der Waals surface area contributed by atoms with Crippen LogP contribution in [0.2, 0.25) is 0 Å². The SMILES string of the molecule is CCC1SCCSC1c1noc(C2(CN)CCCC2)n1. The number of thioether (sulfide) groups is 2. The molecule has 1 saturated heterocycles. The molecule has 2 heterocycles. The van der Waals surface area contributed by atoms with Gasteiger partial charge in [0.05, 0.1) is 10.7 Å². The lowest BCUT2D eigenvalue weighted by Gasteiger charge is -2.27. The van der Waals surface area contributed by atoms with Crippen molar-refractivity contribution in [3.8, 4) is 0 Å². The molecule has 4 nitrogen and oxygen atoms in total. The van der Waals surface area contributed by atoms with Crippen molar-refractivity contribution >= 4 is 23.5 Å². The molecule has 0 radical (unpaired) electrons. The summed E-state index contributed by atoms with van der Waals surface area (Å²) in [4.78, 5) is 4.77. The monoisotopic (exact) mass is 313 g/mol. The van der Waals surface area contributed by atoms with Crippen LogP contribution in [0.15, 0.2) is 4.52 Å². The third-order valence-electron chi connectivity index (χ3n) is 4.55. The molecular weight excluding hydrogens is 290 g/mol. The second-order valence-corrected chi connectivity index (χ2v) is 8.35. The predicted octanol–water partition coefficient (Wildman–Crippen LogP) is 3.14. The van der Waals surface area contributed by atoms with Gasteiger partial charge in [0.2, 0.25) is 5.89 Å². The minimum Gasteiger partial charge on any atom is -0.339 e. The lowest BCUT2D eigenvalue weighted by molar-refractivity contribution is 0.283. The van der Waals surface area contributed by atoms with E-state index in [1.807, 2.05) is 23.5 Å². The summed E-state index contributed by atoms with van der Waals surface area (Å²) in [6.07, 6.45) is 5.79. The molecule has 2 aliphatic rings. The van der Waals surface area contributed by atoms with Crippen LogP contribution in [0.3, 0.4) is 0 Å². The molecule has 0 aromatic carbocycles. The van der Waals surface area contributed by atoms with Crippen LogP contribution in [0.4, 0.5) is 0 Å². The lowest BCUT2D eigenvalue weighted by Crippen LogP contribution is -2.32. The average molecular weight is 313 g/mol. The first-order valence-corrected chi connectivity index (χ1v) is 9.66. The standard InChI is InChI=1S/C14H23N3OS2/c1-2-10-11(20-8-7-19-10)12-16-13(18-17-12)14(9-15)5-3-4-6-14/h10-11H,2-9,15H2,1H3. The van der Waals surface area contributed by atoms with Crippen molar-refractivity contribution < 1.29 is 4.52 Å². The van der Waals surface area contributed by atoms with Gasteiger partial charge in [0, 0.05) is 23.3 Å². The van der Waals surface area contributed by atoms with Gasteiger partial charge in [-0.3, -0.25) is 0 Å². The van der Waals surface area contributed by atoms with Gasteiger partial charge in [0.15, 0.2) is 5.82 Å². The molecule has 0 spiro atoms. The highest BCUT2D eigenvalue weighted by Gasteiger charge is 2.41. The number of nitrogens with zero attached hydrogens (tertiary/aromatic N) is 2. The van der Waals surface area contributed by atoms with Crippen LogP contribution >= 0.6 is 23.5 Å². The maximum Gasteiger partial charge on any atom is 0.234 e. The first kappa shape index (κ1) is 14.7. The Labute approximate surface area is 129 Å². The Hall–Kier alpha value is -0.200. The summed E-state index contributed by atoms with van der Waals surface area (Å²) in [5.41, 5.74) is 5.96. The molecule has 20 heavy (non-hydrogen) atoms. The Bertz CT molecular complexity index is 445. The summed E-state index contributed by atoms with van der Waals surface area (Å²) in [5, 5.41) is 5.29. The van der Waals surface area contributed by atoms with Gasteiger partial charge >= 0.3 is 0 Å². The van der Waals surface area contributed by atoms with E-state index in [-0.39, 0.29) is 5.41 Å². The van der Waals surface area contributed by atoms with E-state index in [0.717, 1.165) is 31.0 Å². The molecule has 2 unspecified atom stereocenters. The minimum atomic E-state index is -0.0422. The van der Waals surface area contributed by atoms with E-state index in [2.05, 4.69) is 12.1 Å². The highest BCUT2D eigenvalue weighted by atomic mass is 32.2. The summed E-state index contributed by atoms with van der Waals surface area (Å²) < 4.78 is 5.63. The molecule has 3 rings (SSSR count). The van der Waals surface area contributed by atoms with Crippen molar-refractivity contribution in [3.63, 3.8) is 0 Å². The molecular formula is C14H23N3OS2. The first-order valence-electron chi connectivity index (χ1n) is 7.56. The van der Waals surface area contributed by atoms with Crippen LogP contribution in [0.1, 0.15) is 56.0 Å². The fourth-order valence-electron chi connectivity index (χ4n) is 3.26. The largest absolute Gasteiger partial charge is 0.339 e. The number of hydrogen-bond acceptors (Lipinski definition) is 6. The van der Waals surface area contributed by atoms with Gasteiger partial charge in [-0.25, -0.2) is 0 Å². The number of aromatic nitrogens is 2. The first-order chi connectivity index (χ1) is 9.79. The third-order valence-corrected chi connectivity index (χ3v) is 7.80. The number of hydrogen-bond donors (Lipinski definition) is 1. The van der Waals surface area contributed by atoms with E-state index < -0.39 is 0 Å². The van der Waals surface area contributed by atoms with Crippen molar-refractivity contribution in [1.82, 2.24) is 10.1 Å². The average Bonchev–Trinajstić information content (AvgIpc) is 3.16. The summed E-state index contributed by atoms with van der Waals surface area (Å²) in [6, 6.07) is 0. The zero-order valence-electron chi connectivity index (χ0n) is 12.0. The van der Waals surface area contributed by atoms with Gasteiger partial charge in [0.1, 0.15) is 0 Å². The molecule has 2 N–H and O–H groups in total. The van der Waals surface area contributed by atoms with E-state index in [1.54, 1.807) is 0 Å². The van der Waals surface area contributed by atoms with Gasteiger partial charge < -0.3 is 10.3 Å². The fourth-order valence-corrected chi connectivity index (χ4v) is 6.25. The molecule has 6 heteroatoms. The van der Waals surface area contributed by atoms with Crippen LogP contribution in [-0.2, 0) is 5.41 Å². The number of nitrogens with two attached hydrogens (primary N) is 1. The molecule has 1 aromatic heterocycles. The molecule has 1 aromatic rings. The quantitative estimate of drug-likeness (QED) is 0.921. The molecule has 0 amide bonds. The Morgan fingerprint density at radius 3 is 2.75 bits per heavy atom. The van der Waals surface area contributed by atoms with Gasteiger partial charge in [-0.1, -0.05) is 24.9 Å². The minimum absolute atomic E-state index is 0.0422. The van der Waals surface area contributed by atoms with Crippen LogP contribution in [0.25, 0.3) is 0 Å². The summed E-state index contributed by atoms with van der Waals surface area (Å²) in [6.45, 7) is 2.87. The van der Waals surface area contributed by atoms with Gasteiger partial charge in [-0.15, -0.1) is 11.8 Å². The maximum atomic E-state index is 6.00. The number of rotatable bonds is 4. The van der Waals surface area contributed by atoms with E-state index in [1.165, 1.54) is 24.3 Å². The topological polar surface area (TPSA) is 64.9 Å². The van der Waals surface area contributed by atoms with E-state index in [9.17, 15) is 0 Å². The molecule has 2 fully saturated rings. The van der Waals surface area contributed by atoms with E-state index in [4.69, 9.17) is 15.2 Å². The molecule has 112 valence electrons. The molecule has 1 aliphatic heterocycles. The van der Waals surface area contributed by atoms with Crippen molar-refractivity contribution in [2.75, 3.05) is 18.1 Å². The van der Waals surface area contributed by atoms with Crippen molar-refractivity contribution in [2.24, 2.45) is 5.73 Å². The normalized spacial score (nSPS) is 29.7. The Kier molecular flexibility index (Phi) is 4.62. The molecule has 1 saturated carbocycles. The Morgan fingerprint density at radius 1 is 1.30 bits per heavy atom. The second kappa shape index (κ2) is 6.28. The van der Waals surface area contributed by atoms with E-state index >= 15 is 0 Å². The highest BCUT2D eigenvalue weighted by Crippen LogP contribution is 2.44. The van der Waals surface area contributed by atoms with E-state index in [0.29, 0.717) is 17.0 Å². The third kappa shape index (κ3) is 2.62. The molecule has 2 atom stereocenters. The van der Waals surface area contributed by atoms with Crippen molar-refractivity contribution in [1.29, 1.82) is 0 Å². The molecule has 1 aliphatic carbocycles. The zero-order valence-corrected chi connectivity index (χ0v) is 13.6. The highest BCUT2D eigenvalue weighted by molar-refractivity contribution is 8.06. The predicted molar refractivity (Wildman–Crippen MR) is 85.2 cm³/mol. The van der Waals surface area contributed by atoms with Gasteiger partial charge in [0.25, 0.3) is 0 Å². The summed E-state index contributed by atoms with van der Waals surface area (Å²) in [7, 11) is 0. The van der Waals surface area contributed by atoms with Gasteiger partial charge in [-0.05, 0) is 19.3 Å². The van der Waals surface area contributed by atoms with Crippen molar-refractivity contribution in [2.45, 2.75) is 54.9 Å². The lowest BCUT2D eigenvalue weighted by atomic mass is 9.86. The van der Waals surface area contributed by atoms with Crippen LogP contribution in [0, 0.1) is 0 Å². The zero-order chi connectivity index (χ0) is 14.0. The molecule has 0 bridgehead atoms. The van der Waals surface area contributed by atoms with Gasteiger partial charge in [-0.2, -0.15) is 16.7 Å². The van der Waals surface area contributed by atoms with Crippen LogP contribution in [0.5, 0.6) is 0 Å². The fraction of sp³-hybridized carbons (Fsp3) is 0.857. The maximum absolute atomic E-state index is 6.00. The van der Waals surface area contributed by atoms with Crippen LogP contribution < -0.4 is 5.73 Å². The Morgan fingerprint density at radius 2 is 2.05 bits per heavy atom. The Balaban J connectivity index is 1.82. The van der Waals surface area contributed by atoms with Crippen molar-refractivity contribution in [3.05, 3.63) is 11.7 Å². The second-order valence-electron chi connectivity index (χ2n) is 5.76. The van der Waals surface area contributed by atoms with Crippen LogP contribution in [-0.4, -0.2) is 33.4 Å². The smallest absolute Gasteiger partial charge is 0.234 e. The summed E-state index contributed by atoms with van der Waals surface area (Å²) >= 11 is 4.02. The summed E-state index contributed by atoms with van der Waals surface area (Å²) in [5.74, 6) is 4.09.